The van der Waals surface area contributed by atoms with Gasteiger partial charge in [0.15, 0.2) is 12.4 Å². The molecule has 0 radical (unpaired) electrons. The van der Waals surface area contributed by atoms with Gasteiger partial charge in [0.1, 0.15) is 24.4 Å². The number of allylic oxidation sites excluding steroid dienone is 13. The number of aliphatic hydroxyl groups is 5. The van der Waals surface area contributed by atoms with Crippen molar-refractivity contribution in [3.63, 3.8) is 0 Å². The van der Waals surface area contributed by atoms with Crippen molar-refractivity contribution in [2.75, 3.05) is 13.2 Å². The maximum atomic E-state index is 13.4. The largest absolute Gasteiger partial charge is 0.454 e. The molecule has 8 atom stereocenters. The maximum absolute atomic E-state index is 13.4. The first kappa shape index (κ1) is 67.9. The number of aliphatic hydroxyl groups excluding tert-OH is 5. The molecule has 420 valence electrons. The molecule has 1 saturated heterocycles. The van der Waals surface area contributed by atoms with Crippen molar-refractivity contribution in [3.8, 4) is 0 Å². The number of nitrogens with one attached hydrogen (secondary N) is 1. The standard InChI is InChI=1S/C62H107NO10/c1-4-7-10-13-16-19-22-24-25-26-27-28-29-30-32-34-37-40-43-46-49-55(66)61(70)63-53(54(65)48-45-42-39-36-33-21-18-15-12-9-6-3)52-71-62-60(59(69)58(68)56(51-64)72-62)73-57(67)50-47-44-41-38-35-31-23-20-17-14-11-8-5-2/h7,10,16,19,24-25,27-28,30-32,35,45,48,53-56,58-60,62,64-66,68-69H,4-6,8-9,11-15,17-18,20-23,26,29,33-34,36-44,46-47,49-52H2,1-3H3,(H,63,70)/b10-7-,19-16-,25-24-,28-27-,32-30-,35-31-,48-45+. The van der Waals surface area contributed by atoms with Crippen molar-refractivity contribution < 1.29 is 49.3 Å². The minimum absolute atomic E-state index is 0.0975. The van der Waals surface area contributed by atoms with Crippen LogP contribution in [0.15, 0.2) is 85.1 Å². The fraction of sp³-hybridized carbons (Fsp3) is 0.742. The summed E-state index contributed by atoms with van der Waals surface area (Å²) in [4.78, 5) is 26.4. The number of ether oxygens (including phenoxy) is 3. The van der Waals surface area contributed by atoms with Crippen molar-refractivity contribution in [1.82, 2.24) is 5.32 Å². The zero-order valence-electron chi connectivity index (χ0n) is 46.2. The second-order valence-corrected chi connectivity index (χ2v) is 20.0. The first-order valence-electron chi connectivity index (χ1n) is 29.4. The Hall–Kier alpha value is -3.16. The molecule has 1 aliphatic heterocycles. The zero-order chi connectivity index (χ0) is 53.3. The highest BCUT2D eigenvalue weighted by Crippen LogP contribution is 2.26. The normalized spacial score (nSPS) is 20.0. The van der Waals surface area contributed by atoms with Crippen molar-refractivity contribution in [2.45, 2.75) is 282 Å². The number of carbonyl (C=O) groups excluding carboxylic acids is 2. The Balaban J connectivity index is 2.73. The van der Waals surface area contributed by atoms with Gasteiger partial charge in [0, 0.05) is 6.42 Å². The van der Waals surface area contributed by atoms with Crippen molar-refractivity contribution in [1.29, 1.82) is 0 Å². The van der Waals surface area contributed by atoms with Crippen LogP contribution >= 0.6 is 0 Å². The summed E-state index contributed by atoms with van der Waals surface area (Å²) in [5, 5.41) is 56.8. The Labute approximate surface area is 444 Å². The van der Waals surface area contributed by atoms with Crippen LogP contribution in [0.5, 0.6) is 0 Å². The summed E-state index contributed by atoms with van der Waals surface area (Å²) in [5.41, 5.74) is 0. The molecule has 0 aliphatic carbocycles. The van der Waals surface area contributed by atoms with E-state index in [1.807, 2.05) is 6.08 Å². The predicted molar refractivity (Wildman–Crippen MR) is 301 cm³/mol. The molecule has 0 saturated carbocycles. The van der Waals surface area contributed by atoms with Crippen LogP contribution in [0.4, 0.5) is 0 Å². The number of carbonyl (C=O) groups is 2. The van der Waals surface area contributed by atoms with Crippen LogP contribution in [0, 0.1) is 0 Å². The molecule has 1 amide bonds. The number of amides is 1. The van der Waals surface area contributed by atoms with Gasteiger partial charge in [-0.05, 0) is 96.3 Å². The van der Waals surface area contributed by atoms with E-state index in [1.165, 1.54) is 77.0 Å². The van der Waals surface area contributed by atoms with Gasteiger partial charge in [0.2, 0.25) is 5.91 Å². The summed E-state index contributed by atoms with van der Waals surface area (Å²) in [7, 11) is 0. The Morgan fingerprint density at radius 3 is 1.49 bits per heavy atom. The van der Waals surface area contributed by atoms with E-state index >= 15 is 0 Å². The highest BCUT2D eigenvalue weighted by Gasteiger charge is 2.47. The van der Waals surface area contributed by atoms with E-state index < -0.39 is 67.4 Å². The monoisotopic (exact) mass is 1030 g/mol. The summed E-state index contributed by atoms with van der Waals surface area (Å²) in [6.07, 6.45) is 53.4. The number of hydrogen-bond donors (Lipinski definition) is 6. The fourth-order valence-corrected chi connectivity index (χ4v) is 8.61. The highest BCUT2D eigenvalue weighted by atomic mass is 16.7. The predicted octanol–water partition coefficient (Wildman–Crippen LogP) is 13.4. The molecular weight excluding hydrogens is 919 g/mol. The highest BCUT2D eigenvalue weighted by molar-refractivity contribution is 5.80. The third-order valence-electron chi connectivity index (χ3n) is 13.3. The number of unbranched alkanes of at least 4 members (excludes halogenated alkanes) is 22. The van der Waals surface area contributed by atoms with E-state index in [0.29, 0.717) is 12.8 Å². The third kappa shape index (κ3) is 38.1. The summed E-state index contributed by atoms with van der Waals surface area (Å²) < 4.78 is 17.5. The van der Waals surface area contributed by atoms with E-state index in [9.17, 15) is 35.1 Å². The number of hydrogen-bond acceptors (Lipinski definition) is 10. The van der Waals surface area contributed by atoms with E-state index in [1.54, 1.807) is 6.08 Å². The topological polar surface area (TPSA) is 175 Å². The van der Waals surface area contributed by atoms with Gasteiger partial charge in [-0.15, -0.1) is 0 Å². The van der Waals surface area contributed by atoms with Crippen molar-refractivity contribution in [3.05, 3.63) is 85.1 Å². The lowest BCUT2D eigenvalue weighted by Gasteiger charge is -2.41. The first-order chi connectivity index (χ1) is 35.7. The molecule has 1 fully saturated rings. The Bertz CT molecular complexity index is 1510. The van der Waals surface area contributed by atoms with Gasteiger partial charge >= 0.3 is 5.97 Å². The van der Waals surface area contributed by atoms with E-state index in [2.05, 4.69) is 99.0 Å². The Morgan fingerprint density at radius 2 is 0.986 bits per heavy atom. The average molecular weight is 1030 g/mol. The van der Waals surface area contributed by atoms with Gasteiger partial charge in [0.05, 0.1) is 25.4 Å². The van der Waals surface area contributed by atoms with Crippen LogP contribution in [0.3, 0.4) is 0 Å². The first-order valence-corrected chi connectivity index (χ1v) is 29.4. The van der Waals surface area contributed by atoms with Gasteiger partial charge in [-0.1, -0.05) is 215 Å². The molecule has 0 spiro atoms. The van der Waals surface area contributed by atoms with E-state index in [0.717, 1.165) is 109 Å². The van der Waals surface area contributed by atoms with Gasteiger partial charge in [-0.3, -0.25) is 9.59 Å². The molecule has 0 aromatic carbocycles. The van der Waals surface area contributed by atoms with Gasteiger partial charge in [0.25, 0.3) is 0 Å². The summed E-state index contributed by atoms with van der Waals surface area (Å²) in [6, 6.07) is -1.04. The molecule has 11 nitrogen and oxygen atoms in total. The second-order valence-electron chi connectivity index (χ2n) is 20.0. The van der Waals surface area contributed by atoms with Crippen LogP contribution in [-0.2, 0) is 23.8 Å². The summed E-state index contributed by atoms with van der Waals surface area (Å²) in [6.45, 7) is 5.62. The lowest BCUT2D eigenvalue weighted by molar-refractivity contribution is -0.305. The number of rotatable bonds is 48. The molecular formula is C62H107NO10. The minimum atomic E-state index is -1.63. The zero-order valence-corrected chi connectivity index (χ0v) is 46.2. The molecule has 0 bridgehead atoms. The molecule has 11 heteroatoms. The molecule has 6 N–H and O–H groups in total. The molecule has 1 aliphatic rings. The molecule has 1 heterocycles. The fourth-order valence-electron chi connectivity index (χ4n) is 8.61. The van der Waals surface area contributed by atoms with Crippen LogP contribution in [0.25, 0.3) is 0 Å². The Morgan fingerprint density at radius 1 is 0.548 bits per heavy atom. The molecule has 73 heavy (non-hydrogen) atoms. The summed E-state index contributed by atoms with van der Waals surface area (Å²) >= 11 is 0. The maximum Gasteiger partial charge on any atom is 0.306 e. The molecule has 0 aromatic heterocycles. The molecule has 8 unspecified atom stereocenters. The third-order valence-corrected chi connectivity index (χ3v) is 13.3. The van der Waals surface area contributed by atoms with E-state index in [-0.39, 0.29) is 19.4 Å². The summed E-state index contributed by atoms with van der Waals surface area (Å²) in [5.74, 6) is -1.24. The molecule has 1 rings (SSSR count). The van der Waals surface area contributed by atoms with E-state index in [4.69, 9.17) is 14.2 Å². The minimum Gasteiger partial charge on any atom is -0.454 e. The van der Waals surface area contributed by atoms with Crippen LogP contribution in [0.2, 0.25) is 0 Å². The van der Waals surface area contributed by atoms with Crippen molar-refractivity contribution >= 4 is 11.9 Å². The van der Waals surface area contributed by atoms with Crippen LogP contribution in [-0.4, -0.2) is 99.6 Å². The van der Waals surface area contributed by atoms with Crippen LogP contribution < -0.4 is 5.32 Å². The average Bonchev–Trinajstić information content (AvgIpc) is 3.39. The van der Waals surface area contributed by atoms with Gasteiger partial charge in [-0.2, -0.15) is 0 Å². The SMILES string of the molecule is CC/C=C\C/C=C\C/C=C\C/C=C\C/C=C\CCCCCCC(O)C(=O)NC(COC1OC(CO)C(O)C(O)C1OC(=O)CCCCC/C=C\CCCCCCCC)C(O)/C=C/CCCCCCCCCCC. The number of esters is 1. The lowest BCUT2D eigenvalue weighted by Crippen LogP contribution is -2.61. The smallest absolute Gasteiger partial charge is 0.306 e. The quantitative estimate of drug-likeness (QED) is 0.0195. The van der Waals surface area contributed by atoms with Gasteiger partial charge < -0.3 is 45.1 Å². The second kappa shape index (κ2) is 49.7. The van der Waals surface area contributed by atoms with Gasteiger partial charge in [-0.25, -0.2) is 0 Å². The van der Waals surface area contributed by atoms with Crippen LogP contribution in [0.1, 0.15) is 233 Å². The Kier molecular flexibility index (Phi) is 46.2. The van der Waals surface area contributed by atoms with Crippen molar-refractivity contribution in [2.24, 2.45) is 0 Å². The molecule has 0 aromatic rings. The lowest BCUT2D eigenvalue weighted by atomic mass is 9.99.